The molecule has 0 aliphatic rings. The smallest absolute Gasteiger partial charge is 0.322 e. The Bertz CT molecular complexity index is 1140. The Hall–Kier alpha value is -2.60. The number of nitrogens with one attached hydrogen (secondary N) is 1. The molecule has 1 N–H and O–H groups in total. The number of hydrogen-bond acceptors (Lipinski definition) is 3. The van der Waals surface area contributed by atoms with E-state index in [2.05, 4.69) is 15.9 Å². The summed E-state index contributed by atoms with van der Waals surface area (Å²) in [5.41, 5.74) is -2.65. The van der Waals surface area contributed by atoms with E-state index in [0.717, 1.165) is 6.07 Å². The van der Waals surface area contributed by atoms with Crippen LogP contribution in [0.15, 0.2) is 53.0 Å². The molecule has 0 aliphatic heterocycles. The minimum absolute atomic E-state index is 0.0657. The Morgan fingerprint density at radius 3 is 1.78 bits per heavy atom. The highest BCUT2D eigenvalue weighted by Gasteiger charge is 2.80. The topological polar surface area (TPSA) is 47.6 Å². The standard InChI is InChI=1S/C19H9BrF13NO3/c20-11-5-1-3-9(7-11)13(35)34-12-6-2-4-10(8-12)14(21,22)16(25,26)36-17(27,28)15(23,24)18(29,30)37-19(31,32)33/h1-8H,(H,34,35). The second-order valence-electron chi connectivity index (χ2n) is 6.89. The van der Waals surface area contributed by atoms with Crippen molar-refractivity contribution in [1.82, 2.24) is 0 Å². The van der Waals surface area contributed by atoms with Gasteiger partial charge in [-0.2, -0.15) is 43.9 Å². The van der Waals surface area contributed by atoms with Crippen molar-refractivity contribution in [3.05, 3.63) is 64.1 Å². The number of hydrogen-bond donors (Lipinski definition) is 1. The molecule has 0 heterocycles. The number of carbonyl (C=O) groups excluding carboxylic acids is 1. The van der Waals surface area contributed by atoms with Crippen molar-refractivity contribution in [2.75, 3.05) is 5.32 Å². The van der Waals surface area contributed by atoms with Crippen molar-refractivity contribution in [2.45, 2.75) is 36.5 Å². The Kier molecular flexibility index (Phi) is 8.22. The molecule has 206 valence electrons. The van der Waals surface area contributed by atoms with E-state index in [9.17, 15) is 61.9 Å². The van der Waals surface area contributed by atoms with Crippen LogP contribution in [-0.4, -0.2) is 36.5 Å². The highest BCUT2D eigenvalue weighted by molar-refractivity contribution is 9.10. The number of carbonyl (C=O) groups is 1. The predicted octanol–water partition coefficient (Wildman–Crippen LogP) is 7.76. The van der Waals surface area contributed by atoms with Crippen LogP contribution in [-0.2, 0) is 15.4 Å². The van der Waals surface area contributed by atoms with Crippen LogP contribution in [0.2, 0.25) is 0 Å². The van der Waals surface area contributed by atoms with Crippen LogP contribution in [0, 0.1) is 0 Å². The first-order valence-electron chi connectivity index (χ1n) is 9.06. The summed E-state index contributed by atoms with van der Waals surface area (Å²) < 4.78 is 176. The van der Waals surface area contributed by atoms with E-state index in [0.29, 0.717) is 10.5 Å². The van der Waals surface area contributed by atoms with Crippen molar-refractivity contribution < 1.29 is 71.3 Å². The summed E-state index contributed by atoms with van der Waals surface area (Å²) in [5, 5.41) is 1.99. The molecule has 18 heteroatoms. The van der Waals surface area contributed by atoms with Crippen molar-refractivity contribution in [3.8, 4) is 0 Å². The predicted molar refractivity (Wildman–Crippen MR) is 100 cm³/mol. The number of alkyl halides is 13. The zero-order valence-corrected chi connectivity index (χ0v) is 18.7. The normalized spacial score (nSPS) is 14.0. The third-order valence-electron chi connectivity index (χ3n) is 4.17. The van der Waals surface area contributed by atoms with E-state index < -0.39 is 53.7 Å². The summed E-state index contributed by atoms with van der Waals surface area (Å²) in [6.45, 7) is 0. The number of benzene rings is 2. The summed E-state index contributed by atoms with van der Waals surface area (Å²) >= 11 is 3.04. The number of anilines is 1. The maximum absolute atomic E-state index is 14.3. The molecule has 1 amide bonds. The fourth-order valence-corrected chi connectivity index (χ4v) is 2.86. The van der Waals surface area contributed by atoms with Gasteiger partial charge in [-0.15, -0.1) is 13.2 Å². The average Bonchev–Trinajstić information content (AvgIpc) is 2.71. The van der Waals surface area contributed by atoms with Gasteiger partial charge in [0.1, 0.15) is 0 Å². The molecule has 37 heavy (non-hydrogen) atoms. The molecule has 0 aliphatic carbocycles. The molecule has 4 nitrogen and oxygen atoms in total. The highest BCUT2D eigenvalue weighted by atomic mass is 79.9. The largest absolute Gasteiger partial charge is 0.527 e. The minimum Gasteiger partial charge on any atom is -0.322 e. The lowest BCUT2D eigenvalue weighted by Gasteiger charge is -2.35. The first kappa shape index (κ1) is 30.6. The van der Waals surface area contributed by atoms with Crippen molar-refractivity contribution in [1.29, 1.82) is 0 Å². The van der Waals surface area contributed by atoms with Crippen LogP contribution in [0.1, 0.15) is 15.9 Å². The Morgan fingerprint density at radius 1 is 0.703 bits per heavy atom. The summed E-state index contributed by atoms with van der Waals surface area (Å²) in [6.07, 6.45) is -27.9. The summed E-state index contributed by atoms with van der Waals surface area (Å²) in [4.78, 5) is 12.2. The Morgan fingerprint density at radius 2 is 1.24 bits per heavy atom. The summed E-state index contributed by atoms with van der Waals surface area (Å²) in [6, 6.07) is 7.09. The third kappa shape index (κ3) is 6.64. The molecule has 0 saturated carbocycles. The minimum atomic E-state index is -7.52. The van der Waals surface area contributed by atoms with E-state index in [-0.39, 0.29) is 17.7 Å². The van der Waals surface area contributed by atoms with Gasteiger partial charge in [0.25, 0.3) is 5.91 Å². The quantitative estimate of drug-likeness (QED) is 0.290. The van der Waals surface area contributed by atoms with Crippen LogP contribution in [0.4, 0.5) is 62.8 Å². The van der Waals surface area contributed by atoms with Gasteiger partial charge in [0.15, 0.2) is 0 Å². The molecule has 0 aromatic heterocycles. The molecular weight excluding hydrogens is 617 g/mol. The van der Waals surface area contributed by atoms with Gasteiger partial charge in [-0.3, -0.25) is 4.79 Å². The molecule has 0 bridgehead atoms. The maximum atomic E-state index is 14.3. The summed E-state index contributed by atoms with van der Waals surface area (Å²) in [5.74, 6) is -14.5. The zero-order chi connectivity index (χ0) is 28.7. The van der Waals surface area contributed by atoms with Gasteiger partial charge in [-0.25, -0.2) is 9.47 Å². The second kappa shape index (κ2) is 9.94. The van der Waals surface area contributed by atoms with Crippen LogP contribution >= 0.6 is 15.9 Å². The molecule has 2 aromatic rings. The molecule has 0 spiro atoms. The lowest BCUT2D eigenvalue weighted by molar-refractivity contribution is -0.535. The average molecular weight is 626 g/mol. The van der Waals surface area contributed by atoms with Gasteiger partial charge in [-0.05, 0) is 30.3 Å². The molecule has 0 radical (unpaired) electrons. The monoisotopic (exact) mass is 625 g/mol. The van der Waals surface area contributed by atoms with Gasteiger partial charge in [0.2, 0.25) is 0 Å². The first-order valence-corrected chi connectivity index (χ1v) is 9.85. The van der Waals surface area contributed by atoms with Crippen LogP contribution in [0.25, 0.3) is 0 Å². The van der Waals surface area contributed by atoms with E-state index in [1.807, 2.05) is 10.1 Å². The fraction of sp³-hybridized carbons (Fsp3) is 0.316. The van der Waals surface area contributed by atoms with Gasteiger partial charge < -0.3 is 5.32 Å². The zero-order valence-electron chi connectivity index (χ0n) is 17.1. The number of amides is 1. The Labute approximate surface area is 205 Å². The van der Waals surface area contributed by atoms with Gasteiger partial charge in [0.05, 0.1) is 0 Å². The summed E-state index contributed by atoms with van der Waals surface area (Å²) in [7, 11) is 0. The maximum Gasteiger partial charge on any atom is 0.527 e. The van der Waals surface area contributed by atoms with Gasteiger partial charge in [-0.1, -0.05) is 34.1 Å². The molecule has 0 fully saturated rings. The van der Waals surface area contributed by atoms with E-state index in [1.165, 1.54) is 29.0 Å². The van der Waals surface area contributed by atoms with Crippen molar-refractivity contribution in [3.63, 3.8) is 0 Å². The van der Waals surface area contributed by atoms with Crippen molar-refractivity contribution in [2.24, 2.45) is 0 Å². The number of halogens is 14. The second-order valence-corrected chi connectivity index (χ2v) is 7.81. The molecule has 0 unspecified atom stereocenters. The molecular formula is C19H9BrF13NO3. The number of rotatable bonds is 9. The van der Waals surface area contributed by atoms with Crippen LogP contribution < -0.4 is 5.32 Å². The molecule has 2 aromatic carbocycles. The van der Waals surface area contributed by atoms with Crippen LogP contribution in [0.5, 0.6) is 0 Å². The molecule has 0 saturated heterocycles. The van der Waals surface area contributed by atoms with E-state index in [4.69, 9.17) is 0 Å². The Balaban J connectivity index is 2.33. The fourth-order valence-electron chi connectivity index (χ4n) is 2.46. The molecule has 2 rings (SSSR count). The number of ether oxygens (including phenoxy) is 2. The molecule has 0 atom stereocenters. The van der Waals surface area contributed by atoms with Gasteiger partial charge in [0, 0.05) is 21.3 Å². The van der Waals surface area contributed by atoms with E-state index >= 15 is 0 Å². The van der Waals surface area contributed by atoms with Crippen LogP contribution in [0.3, 0.4) is 0 Å². The van der Waals surface area contributed by atoms with Gasteiger partial charge >= 0.3 is 36.5 Å². The first-order chi connectivity index (χ1) is 16.5. The highest BCUT2D eigenvalue weighted by Crippen LogP contribution is 2.54. The lowest BCUT2D eigenvalue weighted by atomic mass is 10.1. The van der Waals surface area contributed by atoms with Crippen molar-refractivity contribution >= 4 is 27.5 Å². The SMILES string of the molecule is O=C(Nc1cccc(C(F)(F)C(F)(F)OC(F)(F)C(F)(F)C(F)(F)OC(F)(F)F)c1)c1cccc(Br)c1. The van der Waals surface area contributed by atoms with E-state index in [1.54, 1.807) is 0 Å². The third-order valence-corrected chi connectivity index (χ3v) is 4.66. The lowest BCUT2D eigenvalue weighted by Crippen LogP contribution is -2.61.